The van der Waals surface area contributed by atoms with Gasteiger partial charge in [0.2, 0.25) is 5.88 Å². The third-order valence-corrected chi connectivity index (χ3v) is 5.71. The molecule has 0 aliphatic carbocycles. The first-order valence-electron chi connectivity index (χ1n) is 10.6. The molecular formula is C24H25FN4O3. The minimum absolute atomic E-state index is 0.0602. The van der Waals surface area contributed by atoms with E-state index in [1.807, 2.05) is 11.8 Å². The molecular weight excluding hydrogens is 411 g/mol. The molecule has 8 heteroatoms. The third kappa shape index (κ3) is 4.91. The van der Waals surface area contributed by atoms with Gasteiger partial charge in [0.15, 0.2) is 5.82 Å². The summed E-state index contributed by atoms with van der Waals surface area (Å²) < 4.78 is 18.8. The number of ether oxygens (including phenoxy) is 1. The second-order valence-electron chi connectivity index (χ2n) is 7.99. The smallest absolute Gasteiger partial charge is 0.254 e. The monoisotopic (exact) mass is 436 g/mol. The van der Waals surface area contributed by atoms with Gasteiger partial charge in [-0.2, -0.15) is 0 Å². The Morgan fingerprint density at radius 2 is 2.00 bits per heavy atom. The lowest BCUT2D eigenvalue weighted by Gasteiger charge is -2.38. The topological polar surface area (TPSA) is 88.4 Å². The Bertz CT molecular complexity index is 1060. The van der Waals surface area contributed by atoms with Crippen LogP contribution in [0.1, 0.15) is 35.7 Å². The Morgan fingerprint density at radius 1 is 1.19 bits per heavy atom. The number of nitrogens with zero attached hydrogens (tertiary/aromatic N) is 4. The van der Waals surface area contributed by atoms with Crippen molar-refractivity contribution in [1.82, 2.24) is 19.9 Å². The summed E-state index contributed by atoms with van der Waals surface area (Å²) in [6.07, 6.45) is 6.15. The molecule has 0 bridgehead atoms. The molecule has 32 heavy (non-hydrogen) atoms. The fourth-order valence-electron chi connectivity index (χ4n) is 3.91. The zero-order valence-corrected chi connectivity index (χ0v) is 17.8. The van der Waals surface area contributed by atoms with Crippen molar-refractivity contribution in [2.75, 3.05) is 13.2 Å². The number of piperidine rings is 1. The van der Waals surface area contributed by atoms with Gasteiger partial charge in [-0.05, 0) is 43.5 Å². The minimum Gasteiger partial charge on any atom is -0.477 e. The van der Waals surface area contributed by atoms with Crippen LogP contribution in [0.3, 0.4) is 0 Å². The predicted octanol–water partition coefficient (Wildman–Crippen LogP) is 3.49. The Balaban J connectivity index is 1.54. The maximum atomic E-state index is 13.6. The lowest BCUT2D eigenvalue weighted by atomic mass is 9.92. The Kier molecular flexibility index (Phi) is 6.70. The molecule has 2 aromatic heterocycles. The van der Waals surface area contributed by atoms with E-state index in [1.54, 1.807) is 36.7 Å². The molecule has 7 nitrogen and oxygen atoms in total. The maximum absolute atomic E-state index is 13.6. The lowest BCUT2D eigenvalue weighted by Crippen LogP contribution is -2.47. The summed E-state index contributed by atoms with van der Waals surface area (Å²) in [5, 5.41) is 9.60. The van der Waals surface area contributed by atoms with E-state index in [2.05, 4.69) is 15.0 Å². The zero-order chi connectivity index (χ0) is 22.5. The Labute approximate surface area is 185 Å². The zero-order valence-electron chi connectivity index (χ0n) is 17.8. The number of rotatable bonds is 6. The molecule has 0 unspecified atom stereocenters. The molecule has 3 heterocycles. The second kappa shape index (κ2) is 9.82. The molecule has 4 rings (SSSR count). The van der Waals surface area contributed by atoms with Crippen molar-refractivity contribution in [2.24, 2.45) is 5.92 Å². The molecule has 1 N–H and O–H groups in total. The number of benzene rings is 1. The number of aliphatic hydroxyl groups excluding tert-OH is 1. The van der Waals surface area contributed by atoms with Crippen molar-refractivity contribution >= 4 is 5.91 Å². The molecule has 2 atom stereocenters. The SMILES string of the molecule is C[C@H]1CC[C@H](COc2ccc(F)cn2)CN1C(=O)c1cc(CO)ccc1-c1ncccn1. The fourth-order valence-corrected chi connectivity index (χ4v) is 3.91. The van der Waals surface area contributed by atoms with Crippen LogP contribution in [0.25, 0.3) is 11.4 Å². The highest BCUT2D eigenvalue weighted by molar-refractivity contribution is 6.00. The van der Waals surface area contributed by atoms with Gasteiger partial charge in [-0.1, -0.05) is 12.1 Å². The summed E-state index contributed by atoms with van der Waals surface area (Å²) in [5.41, 5.74) is 1.75. The van der Waals surface area contributed by atoms with Crippen LogP contribution in [-0.4, -0.2) is 50.1 Å². The van der Waals surface area contributed by atoms with Crippen LogP contribution in [-0.2, 0) is 6.61 Å². The van der Waals surface area contributed by atoms with Crippen molar-refractivity contribution in [3.63, 3.8) is 0 Å². The molecule has 0 radical (unpaired) electrons. The van der Waals surface area contributed by atoms with Crippen molar-refractivity contribution in [1.29, 1.82) is 0 Å². The van der Waals surface area contributed by atoms with Crippen molar-refractivity contribution < 1.29 is 19.0 Å². The number of pyridine rings is 1. The van der Waals surface area contributed by atoms with E-state index in [0.717, 1.165) is 19.0 Å². The first-order chi connectivity index (χ1) is 15.5. The lowest BCUT2D eigenvalue weighted by molar-refractivity contribution is 0.0503. The average molecular weight is 436 g/mol. The quantitative estimate of drug-likeness (QED) is 0.636. The number of carbonyl (C=O) groups is 1. The van der Waals surface area contributed by atoms with E-state index in [0.29, 0.717) is 41.5 Å². The van der Waals surface area contributed by atoms with Gasteiger partial charge >= 0.3 is 0 Å². The molecule has 1 fully saturated rings. The summed E-state index contributed by atoms with van der Waals surface area (Å²) in [4.78, 5) is 28.0. The number of hydrogen-bond acceptors (Lipinski definition) is 6. The number of aliphatic hydroxyl groups is 1. The first kappa shape index (κ1) is 21.8. The highest BCUT2D eigenvalue weighted by atomic mass is 19.1. The number of hydrogen-bond donors (Lipinski definition) is 1. The minimum atomic E-state index is -0.413. The van der Waals surface area contributed by atoms with Gasteiger partial charge in [0, 0.05) is 42.5 Å². The summed E-state index contributed by atoms with van der Waals surface area (Å²) in [6.45, 7) is 2.79. The third-order valence-electron chi connectivity index (χ3n) is 5.71. The van der Waals surface area contributed by atoms with Crippen LogP contribution in [0.2, 0.25) is 0 Å². The first-order valence-corrected chi connectivity index (χ1v) is 10.6. The van der Waals surface area contributed by atoms with E-state index < -0.39 is 5.82 Å². The molecule has 0 saturated carbocycles. The number of halogens is 1. The molecule has 1 aromatic carbocycles. The van der Waals surface area contributed by atoms with Crippen LogP contribution < -0.4 is 4.74 Å². The van der Waals surface area contributed by atoms with E-state index in [9.17, 15) is 14.3 Å². The highest BCUT2D eigenvalue weighted by Gasteiger charge is 2.31. The van der Waals surface area contributed by atoms with E-state index in [1.165, 1.54) is 12.1 Å². The summed E-state index contributed by atoms with van der Waals surface area (Å²) >= 11 is 0. The summed E-state index contributed by atoms with van der Waals surface area (Å²) in [5.74, 6) is 0.414. The predicted molar refractivity (Wildman–Crippen MR) is 116 cm³/mol. The van der Waals surface area contributed by atoms with E-state index in [4.69, 9.17) is 4.74 Å². The molecule has 1 saturated heterocycles. The number of carbonyl (C=O) groups excluding carboxylic acids is 1. The maximum Gasteiger partial charge on any atom is 0.254 e. The molecule has 0 spiro atoms. The van der Waals surface area contributed by atoms with Crippen LogP contribution >= 0.6 is 0 Å². The van der Waals surface area contributed by atoms with Crippen LogP contribution in [0.15, 0.2) is 55.0 Å². The van der Waals surface area contributed by atoms with Gasteiger partial charge in [-0.25, -0.2) is 19.3 Å². The fraction of sp³-hybridized carbons (Fsp3) is 0.333. The van der Waals surface area contributed by atoms with Crippen molar-refractivity contribution in [3.05, 3.63) is 71.9 Å². The number of amides is 1. The van der Waals surface area contributed by atoms with Gasteiger partial charge in [0.25, 0.3) is 5.91 Å². The van der Waals surface area contributed by atoms with E-state index >= 15 is 0 Å². The summed E-state index contributed by atoms with van der Waals surface area (Å²) in [7, 11) is 0. The standard InChI is InChI=1S/C24H25FN4O3/c1-16-3-4-18(15-32-22-8-6-19(25)12-28-22)13-29(16)24(31)21-11-17(14-30)5-7-20(21)23-26-9-2-10-27-23/h2,5-12,16,18,30H,3-4,13-15H2,1H3/t16-,18-/m0/s1. The van der Waals surface area contributed by atoms with Crippen molar-refractivity contribution in [2.45, 2.75) is 32.4 Å². The number of aromatic nitrogens is 3. The molecule has 1 aliphatic heterocycles. The van der Waals surface area contributed by atoms with Gasteiger partial charge in [0.1, 0.15) is 5.82 Å². The Hall–Kier alpha value is -3.39. The van der Waals surface area contributed by atoms with Crippen LogP contribution in [0.5, 0.6) is 5.88 Å². The number of likely N-dealkylation sites (tertiary alicyclic amines) is 1. The molecule has 1 amide bonds. The largest absolute Gasteiger partial charge is 0.477 e. The van der Waals surface area contributed by atoms with Gasteiger partial charge in [-0.3, -0.25) is 4.79 Å². The Morgan fingerprint density at radius 3 is 2.72 bits per heavy atom. The van der Waals surface area contributed by atoms with Gasteiger partial charge in [0.05, 0.1) is 25.0 Å². The normalized spacial score (nSPS) is 18.4. The van der Waals surface area contributed by atoms with Crippen LogP contribution in [0.4, 0.5) is 4.39 Å². The highest BCUT2D eigenvalue weighted by Crippen LogP contribution is 2.28. The molecule has 1 aliphatic rings. The van der Waals surface area contributed by atoms with Gasteiger partial charge < -0.3 is 14.7 Å². The average Bonchev–Trinajstić information content (AvgIpc) is 2.84. The molecule has 166 valence electrons. The van der Waals surface area contributed by atoms with Crippen LogP contribution in [0, 0.1) is 11.7 Å². The van der Waals surface area contributed by atoms with E-state index in [-0.39, 0.29) is 24.5 Å². The molecule has 3 aromatic rings. The van der Waals surface area contributed by atoms with Gasteiger partial charge in [-0.15, -0.1) is 0 Å². The second-order valence-corrected chi connectivity index (χ2v) is 7.99. The summed E-state index contributed by atoms with van der Waals surface area (Å²) in [6, 6.07) is 9.85. The van der Waals surface area contributed by atoms with Crippen molar-refractivity contribution in [3.8, 4) is 17.3 Å².